The molecule has 1 fully saturated rings. The van der Waals surface area contributed by atoms with Gasteiger partial charge < -0.3 is 5.32 Å². The molecule has 1 saturated heterocycles. The molecule has 0 aromatic heterocycles. The molecule has 0 amide bonds. The monoisotopic (exact) mass is 205 g/mol. The summed E-state index contributed by atoms with van der Waals surface area (Å²) in [6.07, 6.45) is 8.51. The van der Waals surface area contributed by atoms with Crippen molar-refractivity contribution in [3.8, 4) is 0 Å². The topological polar surface area (TPSA) is 12.0 Å². The summed E-state index contributed by atoms with van der Waals surface area (Å²) in [6.45, 7) is 9.31. The summed E-state index contributed by atoms with van der Waals surface area (Å²) in [7, 11) is 0. The van der Waals surface area contributed by atoms with Crippen molar-refractivity contribution in [2.45, 2.75) is 53.0 Å². The van der Waals surface area contributed by atoms with Crippen LogP contribution in [-0.2, 0) is 0 Å². The van der Waals surface area contributed by atoms with Crippen LogP contribution >= 0.6 is 0 Å². The molecule has 1 aliphatic carbocycles. The van der Waals surface area contributed by atoms with Gasteiger partial charge >= 0.3 is 0 Å². The third kappa shape index (κ3) is 1.97. The van der Waals surface area contributed by atoms with E-state index in [9.17, 15) is 0 Å². The van der Waals surface area contributed by atoms with E-state index in [4.69, 9.17) is 0 Å². The van der Waals surface area contributed by atoms with Gasteiger partial charge in [0.1, 0.15) is 0 Å². The Labute approximate surface area is 93.6 Å². The third-order valence-corrected chi connectivity index (χ3v) is 4.14. The maximum atomic E-state index is 3.71. The van der Waals surface area contributed by atoms with E-state index in [0.29, 0.717) is 17.4 Å². The Bertz CT molecular complexity index is 309. The van der Waals surface area contributed by atoms with Crippen LogP contribution in [0.25, 0.3) is 0 Å². The Hall–Kier alpha value is -0.720. The zero-order valence-electron chi connectivity index (χ0n) is 10.4. The lowest BCUT2D eigenvalue weighted by Crippen LogP contribution is -2.36. The predicted molar refractivity (Wildman–Crippen MR) is 65.6 cm³/mol. The Kier molecular flexibility index (Phi) is 2.66. The van der Waals surface area contributed by atoms with Gasteiger partial charge in [-0.05, 0) is 36.2 Å². The quantitative estimate of drug-likeness (QED) is 0.726. The lowest BCUT2D eigenvalue weighted by atomic mass is 9.80. The van der Waals surface area contributed by atoms with Gasteiger partial charge in [0, 0.05) is 11.7 Å². The van der Waals surface area contributed by atoms with Gasteiger partial charge in [-0.3, -0.25) is 0 Å². The summed E-state index contributed by atoms with van der Waals surface area (Å²) in [5, 5.41) is 3.71. The first kappa shape index (κ1) is 10.8. The molecule has 0 bridgehead atoms. The molecular formula is C14H23N. The first-order valence-electron chi connectivity index (χ1n) is 6.20. The largest absolute Gasteiger partial charge is 0.381 e. The van der Waals surface area contributed by atoms with Crippen LogP contribution in [0, 0.1) is 11.3 Å². The molecule has 2 atom stereocenters. The van der Waals surface area contributed by atoms with E-state index < -0.39 is 0 Å². The second kappa shape index (κ2) is 3.70. The highest BCUT2D eigenvalue weighted by atomic mass is 15.0. The molecule has 2 unspecified atom stereocenters. The Morgan fingerprint density at radius 3 is 2.87 bits per heavy atom. The summed E-state index contributed by atoms with van der Waals surface area (Å²) in [4.78, 5) is 0. The SMILES string of the molecule is CCC(C)(C)C1CC2=CCC(C)C=C2N1. The van der Waals surface area contributed by atoms with Crippen LogP contribution in [0.15, 0.2) is 23.4 Å². The summed E-state index contributed by atoms with van der Waals surface area (Å²) in [6, 6.07) is 0.630. The van der Waals surface area contributed by atoms with E-state index in [1.54, 1.807) is 5.57 Å². The summed E-state index contributed by atoms with van der Waals surface area (Å²) >= 11 is 0. The Balaban J connectivity index is 2.15. The predicted octanol–water partition coefficient (Wildman–Crippen LogP) is 3.63. The van der Waals surface area contributed by atoms with Gasteiger partial charge in [-0.15, -0.1) is 0 Å². The van der Waals surface area contributed by atoms with Crippen LogP contribution in [-0.4, -0.2) is 6.04 Å². The Morgan fingerprint density at radius 1 is 1.47 bits per heavy atom. The second-order valence-corrected chi connectivity index (χ2v) is 5.77. The Morgan fingerprint density at radius 2 is 2.20 bits per heavy atom. The number of fused-ring (bicyclic) bond motifs is 1. The summed E-state index contributed by atoms with van der Waals surface area (Å²) < 4.78 is 0. The zero-order chi connectivity index (χ0) is 11.1. The molecule has 2 rings (SSSR count). The normalized spacial score (nSPS) is 30.4. The van der Waals surface area contributed by atoms with Crippen molar-refractivity contribution in [2.24, 2.45) is 11.3 Å². The maximum absolute atomic E-state index is 3.71. The van der Waals surface area contributed by atoms with Gasteiger partial charge in [-0.25, -0.2) is 0 Å². The first-order valence-corrected chi connectivity index (χ1v) is 6.20. The minimum atomic E-state index is 0.405. The highest BCUT2D eigenvalue weighted by Gasteiger charge is 2.35. The van der Waals surface area contributed by atoms with Crippen molar-refractivity contribution >= 4 is 0 Å². The molecule has 1 N–H and O–H groups in total. The van der Waals surface area contributed by atoms with E-state index in [-0.39, 0.29) is 0 Å². The highest BCUT2D eigenvalue weighted by Crippen LogP contribution is 2.38. The molecule has 0 radical (unpaired) electrons. The van der Waals surface area contributed by atoms with Crippen LogP contribution in [0.2, 0.25) is 0 Å². The molecule has 1 heterocycles. The number of rotatable bonds is 2. The average molecular weight is 205 g/mol. The van der Waals surface area contributed by atoms with Crippen molar-refractivity contribution in [3.63, 3.8) is 0 Å². The number of allylic oxidation sites excluding steroid dienone is 3. The van der Waals surface area contributed by atoms with Crippen molar-refractivity contribution in [2.75, 3.05) is 0 Å². The molecule has 1 aliphatic heterocycles. The fourth-order valence-corrected chi connectivity index (χ4v) is 2.41. The lowest BCUT2D eigenvalue weighted by Gasteiger charge is -2.30. The van der Waals surface area contributed by atoms with Crippen molar-refractivity contribution < 1.29 is 0 Å². The van der Waals surface area contributed by atoms with Gasteiger partial charge in [-0.1, -0.05) is 39.8 Å². The zero-order valence-corrected chi connectivity index (χ0v) is 10.4. The molecule has 84 valence electrons. The van der Waals surface area contributed by atoms with E-state index >= 15 is 0 Å². The summed E-state index contributed by atoms with van der Waals surface area (Å²) in [5.41, 5.74) is 3.38. The van der Waals surface area contributed by atoms with Gasteiger partial charge in [0.2, 0.25) is 0 Å². The van der Waals surface area contributed by atoms with Crippen LogP contribution in [0.3, 0.4) is 0 Å². The molecular weight excluding hydrogens is 182 g/mol. The van der Waals surface area contributed by atoms with Crippen LogP contribution in [0.5, 0.6) is 0 Å². The standard InChI is InChI=1S/C14H23N/c1-5-14(3,4)13-9-11-7-6-10(2)8-12(11)15-13/h7-8,10,13,15H,5-6,9H2,1-4H3. The number of hydrogen-bond acceptors (Lipinski definition) is 1. The van der Waals surface area contributed by atoms with Gasteiger partial charge in [-0.2, -0.15) is 0 Å². The second-order valence-electron chi connectivity index (χ2n) is 5.77. The molecule has 2 aliphatic rings. The highest BCUT2D eigenvalue weighted by molar-refractivity contribution is 5.39. The van der Waals surface area contributed by atoms with E-state index in [2.05, 4.69) is 45.2 Å². The third-order valence-electron chi connectivity index (χ3n) is 4.14. The van der Waals surface area contributed by atoms with E-state index in [0.717, 1.165) is 0 Å². The van der Waals surface area contributed by atoms with E-state index in [1.807, 2.05) is 0 Å². The first-order chi connectivity index (χ1) is 7.03. The van der Waals surface area contributed by atoms with Crippen LogP contribution < -0.4 is 5.32 Å². The van der Waals surface area contributed by atoms with Gasteiger partial charge in [0.15, 0.2) is 0 Å². The molecule has 1 nitrogen and oxygen atoms in total. The van der Waals surface area contributed by atoms with E-state index in [1.165, 1.54) is 25.0 Å². The fraction of sp³-hybridized carbons (Fsp3) is 0.714. The lowest BCUT2D eigenvalue weighted by molar-refractivity contribution is 0.259. The molecule has 1 heteroatoms. The smallest absolute Gasteiger partial charge is 0.0353 e. The molecule has 0 aromatic rings. The molecule has 0 spiro atoms. The van der Waals surface area contributed by atoms with Gasteiger partial charge in [0.05, 0.1) is 0 Å². The van der Waals surface area contributed by atoms with Crippen molar-refractivity contribution in [1.29, 1.82) is 0 Å². The molecule has 15 heavy (non-hydrogen) atoms. The molecule has 0 saturated carbocycles. The minimum Gasteiger partial charge on any atom is -0.381 e. The van der Waals surface area contributed by atoms with Crippen LogP contribution in [0.4, 0.5) is 0 Å². The number of nitrogens with one attached hydrogen (secondary N) is 1. The average Bonchev–Trinajstić information content (AvgIpc) is 2.61. The molecule has 0 aromatic carbocycles. The van der Waals surface area contributed by atoms with Gasteiger partial charge in [0.25, 0.3) is 0 Å². The van der Waals surface area contributed by atoms with Crippen molar-refractivity contribution in [1.82, 2.24) is 5.32 Å². The number of hydrogen-bond donors (Lipinski definition) is 1. The van der Waals surface area contributed by atoms with Crippen molar-refractivity contribution in [3.05, 3.63) is 23.4 Å². The fourth-order valence-electron chi connectivity index (χ4n) is 2.41. The van der Waals surface area contributed by atoms with Crippen LogP contribution in [0.1, 0.15) is 47.0 Å². The minimum absolute atomic E-state index is 0.405. The maximum Gasteiger partial charge on any atom is 0.0353 e. The summed E-state index contributed by atoms with van der Waals surface area (Å²) in [5.74, 6) is 0.708.